The zero-order chi connectivity index (χ0) is 16.5. The molecule has 118 valence electrons. The van der Waals surface area contributed by atoms with Crippen molar-refractivity contribution >= 4 is 15.7 Å². The molecule has 0 unspecified atom stereocenters. The molecule has 0 bridgehead atoms. The van der Waals surface area contributed by atoms with Gasteiger partial charge in [-0.2, -0.15) is 0 Å². The molecule has 0 saturated heterocycles. The molecule has 0 aliphatic heterocycles. The topological polar surface area (TPSA) is 67.6 Å². The van der Waals surface area contributed by atoms with E-state index in [1.807, 2.05) is 6.92 Å². The van der Waals surface area contributed by atoms with Crippen LogP contribution in [0.15, 0.2) is 45.9 Å². The van der Waals surface area contributed by atoms with E-state index in [2.05, 4.69) is 0 Å². The molecule has 0 spiro atoms. The molecule has 22 heavy (non-hydrogen) atoms. The van der Waals surface area contributed by atoms with Crippen molar-refractivity contribution < 1.29 is 17.6 Å². The molecule has 1 heterocycles. The van der Waals surface area contributed by atoms with E-state index in [0.29, 0.717) is 11.3 Å². The molecule has 0 radical (unpaired) electrons. The number of rotatable bonds is 4. The highest BCUT2D eigenvalue weighted by Gasteiger charge is 2.21. The lowest BCUT2D eigenvalue weighted by atomic mass is 10.1. The summed E-state index contributed by atoms with van der Waals surface area (Å²) in [5.41, 5.74) is 1.39. The van der Waals surface area contributed by atoms with Crippen molar-refractivity contribution in [1.29, 1.82) is 0 Å². The standard InChI is InChI=1S/C16H19NO4S/c1-11(13-5-7-14(8-6-13)22(4,19)20)17(3)16(18)15-9-10-21-12(15)2/h5-11H,1-4H3/t11-/m0/s1. The number of hydrogen-bond acceptors (Lipinski definition) is 4. The Morgan fingerprint density at radius 2 is 1.77 bits per heavy atom. The fraction of sp³-hybridized carbons (Fsp3) is 0.312. The number of furan rings is 1. The molecule has 0 aliphatic carbocycles. The molecule has 0 saturated carbocycles. The highest BCUT2D eigenvalue weighted by atomic mass is 32.2. The minimum absolute atomic E-state index is 0.133. The van der Waals surface area contributed by atoms with E-state index in [0.717, 1.165) is 5.56 Å². The molecule has 2 aromatic rings. The van der Waals surface area contributed by atoms with E-state index in [9.17, 15) is 13.2 Å². The largest absolute Gasteiger partial charge is 0.469 e. The molecule has 0 N–H and O–H groups in total. The molecule has 0 aliphatic rings. The summed E-state index contributed by atoms with van der Waals surface area (Å²) in [5, 5.41) is 0. The fourth-order valence-corrected chi connectivity index (χ4v) is 2.82. The zero-order valence-electron chi connectivity index (χ0n) is 13.0. The van der Waals surface area contributed by atoms with Crippen molar-refractivity contribution in [3.05, 3.63) is 53.5 Å². The van der Waals surface area contributed by atoms with Gasteiger partial charge < -0.3 is 9.32 Å². The van der Waals surface area contributed by atoms with E-state index in [4.69, 9.17) is 4.42 Å². The second-order valence-corrected chi connectivity index (χ2v) is 7.34. The van der Waals surface area contributed by atoms with Crippen LogP contribution in [-0.2, 0) is 9.84 Å². The Bertz CT molecular complexity index is 775. The zero-order valence-corrected chi connectivity index (χ0v) is 13.8. The number of hydrogen-bond donors (Lipinski definition) is 0. The first-order chi connectivity index (χ1) is 10.2. The first-order valence-electron chi connectivity index (χ1n) is 6.83. The van der Waals surface area contributed by atoms with Crippen molar-refractivity contribution in [2.24, 2.45) is 0 Å². The maximum absolute atomic E-state index is 12.4. The number of carbonyl (C=O) groups excluding carboxylic acids is 1. The van der Waals surface area contributed by atoms with Gasteiger partial charge in [-0.15, -0.1) is 0 Å². The second-order valence-electron chi connectivity index (χ2n) is 5.32. The van der Waals surface area contributed by atoms with Crippen LogP contribution in [-0.4, -0.2) is 32.5 Å². The van der Waals surface area contributed by atoms with Crippen LogP contribution in [0.25, 0.3) is 0 Å². The Kier molecular flexibility index (Phi) is 4.42. The number of amides is 1. The highest BCUT2D eigenvalue weighted by Crippen LogP contribution is 2.23. The minimum Gasteiger partial charge on any atom is -0.469 e. The van der Waals surface area contributed by atoms with Gasteiger partial charge in [0.05, 0.1) is 22.8 Å². The first kappa shape index (κ1) is 16.3. The van der Waals surface area contributed by atoms with Gasteiger partial charge in [-0.05, 0) is 37.6 Å². The van der Waals surface area contributed by atoms with Gasteiger partial charge in [0.15, 0.2) is 9.84 Å². The molecular weight excluding hydrogens is 302 g/mol. The second kappa shape index (κ2) is 5.96. The van der Waals surface area contributed by atoms with Gasteiger partial charge in [0.1, 0.15) is 5.76 Å². The van der Waals surface area contributed by atoms with Gasteiger partial charge in [-0.1, -0.05) is 12.1 Å². The Morgan fingerprint density at radius 3 is 2.23 bits per heavy atom. The van der Waals surface area contributed by atoms with Crippen LogP contribution in [0, 0.1) is 6.92 Å². The van der Waals surface area contributed by atoms with Crippen LogP contribution in [0.3, 0.4) is 0 Å². The highest BCUT2D eigenvalue weighted by molar-refractivity contribution is 7.90. The van der Waals surface area contributed by atoms with Gasteiger partial charge in [0.2, 0.25) is 0 Å². The van der Waals surface area contributed by atoms with E-state index in [1.165, 1.54) is 12.5 Å². The Labute approximate surface area is 130 Å². The Morgan fingerprint density at radius 1 is 1.18 bits per heavy atom. The third-order valence-corrected chi connectivity index (χ3v) is 4.91. The van der Waals surface area contributed by atoms with Crippen LogP contribution in [0.5, 0.6) is 0 Å². The van der Waals surface area contributed by atoms with E-state index in [1.54, 1.807) is 49.2 Å². The average molecular weight is 321 g/mol. The SMILES string of the molecule is Cc1occc1C(=O)N(C)[C@@H](C)c1ccc(S(C)(=O)=O)cc1. The molecule has 1 aromatic heterocycles. The quantitative estimate of drug-likeness (QED) is 0.868. The molecule has 1 atom stereocenters. The number of carbonyl (C=O) groups is 1. The summed E-state index contributed by atoms with van der Waals surface area (Å²) in [5.74, 6) is 0.447. The van der Waals surface area contributed by atoms with Crippen LogP contribution >= 0.6 is 0 Å². The summed E-state index contributed by atoms with van der Waals surface area (Å²) in [6.07, 6.45) is 2.66. The lowest BCUT2D eigenvalue weighted by molar-refractivity contribution is 0.0741. The van der Waals surface area contributed by atoms with Crippen molar-refractivity contribution in [1.82, 2.24) is 4.90 Å². The monoisotopic (exact) mass is 321 g/mol. The number of nitrogens with zero attached hydrogens (tertiary/aromatic N) is 1. The Balaban J connectivity index is 2.22. The smallest absolute Gasteiger partial charge is 0.257 e. The fourth-order valence-electron chi connectivity index (χ4n) is 2.19. The summed E-state index contributed by atoms with van der Waals surface area (Å²) in [7, 11) is -1.50. The normalized spacial score (nSPS) is 12.9. The molecule has 0 fully saturated rings. The van der Waals surface area contributed by atoms with Gasteiger partial charge in [0.25, 0.3) is 5.91 Å². The maximum atomic E-state index is 12.4. The Hall–Kier alpha value is -2.08. The third-order valence-electron chi connectivity index (χ3n) is 3.78. The number of benzene rings is 1. The van der Waals surface area contributed by atoms with Crippen LogP contribution in [0.1, 0.15) is 34.6 Å². The average Bonchev–Trinajstić information content (AvgIpc) is 2.90. The lowest BCUT2D eigenvalue weighted by Crippen LogP contribution is -2.29. The van der Waals surface area contributed by atoms with Crippen molar-refractivity contribution in [3.63, 3.8) is 0 Å². The van der Waals surface area contributed by atoms with Gasteiger partial charge in [-0.25, -0.2) is 8.42 Å². The van der Waals surface area contributed by atoms with Crippen molar-refractivity contribution in [3.8, 4) is 0 Å². The lowest BCUT2D eigenvalue weighted by Gasteiger charge is -2.25. The van der Waals surface area contributed by atoms with Crippen LogP contribution < -0.4 is 0 Å². The molecular formula is C16H19NO4S. The minimum atomic E-state index is -3.22. The van der Waals surface area contributed by atoms with Crippen molar-refractivity contribution in [2.45, 2.75) is 24.8 Å². The third kappa shape index (κ3) is 3.22. The van der Waals surface area contributed by atoms with Gasteiger partial charge >= 0.3 is 0 Å². The molecule has 2 rings (SSSR count). The predicted octanol–water partition coefficient (Wildman–Crippen LogP) is 2.82. The maximum Gasteiger partial charge on any atom is 0.257 e. The van der Waals surface area contributed by atoms with Crippen LogP contribution in [0.2, 0.25) is 0 Å². The number of sulfone groups is 1. The van der Waals surface area contributed by atoms with Crippen molar-refractivity contribution in [2.75, 3.05) is 13.3 Å². The van der Waals surface area contributed by atoms with Gasteiger partial charge in [0, 0.05) is 13.3 Å². The summed E-state index contributed by atoms with van der Waals surface area (Å²) in [4.78, 5) is 14.3. The molecule has 5 nitrogen and oxygen atoms in total. The van der Waals surface area contributed by atoms with E-state index in [-0.39, 0.29) is 16.8 Å². The summed E-state index contributed by atoms with van der Waals surface area (Å²) in [6, 6.07) is 8.04. The molecule has 1 aromatic carbocycles. The summed E-state index contributed by atoms with van der Waals surface area (Å²) < 4.78 is 28.1. The van der Waals surface area contributed by atoms with E-state index >= 15 is 0 Å². The molecule has 1 amide bonds. The first-order valence-corrected chi connectivity index (χ1v) is 8.72. The van der Waals surface area contributed by atoms with Gasteiger partial charge in [-0.3, -0.25) is 4.79 Å². The summed E-state index contributed by atoms with van der Waals surface area (Å²) >= 11 is 0. The van der Waals surface area contributed by atoms with E-state index < -0.39 is 9.84 Å². The molecule has 6 heteroatoms. The predicted molar refractivity (Wildman–Crippen MR) is 83.5 cm³/mol. The summed E-state index contributed by atoms with van der Waals surface area (Å²) in [6.45, 7) is 3.63. The van der Waals surface area contributed by atoms with Crippen LogP contribution in [0.4, 0.5) is 0 Å². The number of aryl methyl sites for hydroxylation is 1.